The smallest absolute Gasteiger partial charge is 0.240 e. The molecule has 2 rings (SSSR count). The molecule has 0 aromatic heterocycles. The molecule has 0 unspecified atom stereocenters. The first-order valence-corrected chi connectivity index (χ1v) is 8.86. The zero-order valence-corrected chi connectivity index (χ0v) is 15.3. The molecule has 0 aliphatic heterocycles. The number of hydrogen-bond acceptors (Lipinski definition) is 3. The van der Waals surface area contributed by atoms with Gasteiger partial charge in [-0.25, -0.2) is 5.43 Å². The molecule has 26 heavy (non-hydrogen) atoms. The van der Waals surface area contributed by atoms with Gasteiger partial charge in [0, 0.05) is 23.4 Å². The van der Waals surface area contributed by atoms with Crippen molar-refractivity contribution in [2.45, 2.75) is 39.5 Å². The zero-order valence-electron chi connectivity index (χ0n) is 15.3. The lowest BCUT2D eigenvalue weighted by Crippen LogP contribution is -2.21. The first kappa shape index (κ1) is 19.4. The number of anilines is 1. The summed E-state index contributed by atoms with van der Waals surface area (Å²) < 4.78 is 0. The Bertz CT molecular complexity index is 770. The molecular formula is C21H25N3O2. The van der Waals surface area contributed by atoms with Crippen molar-refractivity contribution in [3.63, 3.8) is 0 Å². The van der Waals surface area contributed by atoms with E-state index in [-0.39, 0.29) is 18.2 Å². The monoisotopic (exact) mass is 351 g/mol. The van der Waals surface area contributed by atoms with E-state index in [0.717, 1.165) is 29.7 Å². The minimum Gasteiger partial charge on any atom is -0.325 e. The lowest BCUT2D eigenvalue weighted by molar-refractivity contribution is -0.121. The quantitative estimate of drug-likeness (QED) is 0.548. The van der Waals surface area contributed by atoms with Gasteiger partial charge in [0.15, 0.2) is 0 Å². The number of amides is 2. The molecule has 0 saturated heterocycles. The van der Waals surface area contributed by atoms with Crippen molar-refractivity contribution in [3.05, 3.63) is 54.6 Å². The van der Waals surface area contributed by atoms with Crippen LogP contribution < -0.4 is 10.7 Å². The Labute approximate surface area is 154 Å². The summed E-state index contributed by atoms with van der Waals surface area (Å²) in [5.74, 6) is -0.293. The van der Waals surface area contributed by atoms with Gasteiger partial charge in [0.25, 0.3) is 0 Å². The van der Waals surface area contributed by atoms with Crippen molar-refractivity contribution in [1.82, 2.24) is 5.43 Å². The molecule has 2 amide bonds. The molecule has 2 aromatic rings. The molecule has 0 fully saturated rings. The van der Waals surface area contributed by atoms with Crippen molar-refractivity contribution in [2.24, 2.45) is 5.10 Å². The van der Waals surface area contributed by atoms with Gasteiger partial charge in [-0.2, -0.15) is 5.10 Å². The number of rotatable bonds is 8. The molecule has 2 N–H and O–H groups in total. The van der Waals surface area contributed by atoms with Crippen LogP contribution in [0.3, 0.4) is 0 Å². The molecule has 0 aliphatic rings. The van der Waals surface area contributed by atoms with E-state index in [4.69, 9.17) is 0 Å². The second-order valence-electron chi connectivity index (χ2n) is 6.12. The Kier molecular flexibility index (Phi) is 7.55. The number of unbranched alkanes of at least 4 members (excludes halogenated alkanes) is 1. The SMILES string of the molecule is CCCCC(=O)NN=C(C)CC(=O)Nc1ccccc1-c1ccccc1. The molecule has 0 atom stereocenters. The molecule has 5 nitrogen and oxygen atoms in total. The fraction of sp³-hybridized carbons (Fsp3) is 0.286. The van der Waals surface area contributed by atoms with Crippen LogP contribution >= 0.6 is 0 Å². The molecule has 0 aliphatic carbocycles. The number of nitrogens with one attached hydrogen (secondary N) is 2. The van der Waals surface area contributed by atoms with Crippen molar-refractivity contribution in [2.75, 3.05) is 5.32 Å². The van der Waals surface area contributed by atoms with Crippen LogP contribution in [0.1, 0.15) is 39.5 Å². The van der Waals surface area contributed by atoms with Gasteiger partial charge in [-0.15, -0.1) is 0 Å². The second-order valence-corrected chi connectivity index (χ2v) is 6.12. The number of benzene rings is 2. The van der Waals surface area contributed by atoms with Crippen LogP contribution in [-0.4, -0.2) is 17.5 Å². The topological polar surface area (TPSA) is 70.6 Å². The standard InChI is InChI=1S/C21H25N3O2/c1-3-4-14-20(25)24-23-16(2)15-21(26)22-19-13-9-8-12-18(19)17-10-6-5-7-11-17/h5-13H,3-4,14-15H2,1-2H3,(H,22,26)(H,24,25). The van der Waals surface area contributed by atoms with E-state index in [9.17, 15) is 9.59 Å². The number of hydrogen-bond donors (Lipinski definition) is 2. The van der Waals surface area contributed by atoms with Crippen molar-refractivity contribution >= 4 is 23.2 Å². The van der Waals surface area contributed by atoms with Gasteiger partial charge >= 0.3 is 0 Å². The lowest BCUT2D eigenvalue weighted by Gasteiger charge is -2.11. The highest BCUT2D eigenvalue weighted by Gasteiger charge is 2.09. The highest BCUT2D eigenvalue weighted by atomic mass is 16.2. The van der Waals surface area contributed by atoms with Gasteiger partial charge < -0.3 is 5.32 Å². The number of hydrazone groups is 1. The third kappa shape index (κ3) is 6.16. The predicted molar refractivity (Wildman–Crippen MR) is 106 cm³/mol. The Morgan fingerprint density at radius 2 is 1.65 bits per heavy atom. The largest absolute Gasteiger partial charge is 0.325 e. The maximum atomic E-state index is 12.3. The van der Waals surface area contributed by atoms with E-state index in [0.29, 0.717) is 12.1 Å². The van der Waals surface area contributed by atoms with Crippen molar-refractivity contribution < 1.29 is 9.59 Å². The normalized spacial score (nSPS) is 11.1. The van der Waals surface area contributed by atoms with E-state index < -0.39 is 0 Å². The molecule has 0 saturated carbocycles. The van der Waals surface area contributed by atoms with Gasteiger partial charge in [-0.05, 0) is 25.0 Å². The van der Waals surface area contributed by atoms with Crippen LogP contribution in [0.2, 0.25) is 0 Å². The minimum atomic E-state index is -0.169. The van der Waals surface area contributed by atoms with Crippen LogP contribution in [0.4, 0.5) is 5.69 Å². The second kappa shape index (κ2) is 10.1. The van der Waals surface area contributed by atoms with Crippen molar-refractivity contribution in [1.29, 1.82) is 0 Å². The summed E-state index contributed by atoms with van der Waals surface area (Å²) in [5, 5.41) is 6.92. The van der Waals surface area contributed by atoms with E-state index in [1.165, 1.54) is 0 Å². The minimum absolute atomic E-state index is 0.122. The number of para-hydroxylation sites is 1. The Balaban J connectivity index is 1.97. The van der Waals surface area contributed by atoms with Gasteiger partial charge in [-0.3, -0.25) is 9.59 Å². The Morgan fingerprint density at radius 1 is 0.962 bits per heavy atom. The van der Waals surface area contributed by atoms with Gasteiger partial charge in [-0.1, -0.05) is 61.9 Å². The summed E-state index contributed by atoms with van der Waals surface area (Å²) in [5.41, 5.74) is 5.81. The molecule has 136 valence electrons. The first-order valence-electron chi connectivity index (χ1n) is 8.86. The summed E-state index contributed by atoms with van der Waals surface area (Å²) in [6, 6.07) is 17.6. The summed E-state index contributed by atoms with van der Waals surface area (Å²) in [4.78, 5) is 23.9. The van der Waals surface area contributed by atoms with E-state index in [2.05, 4.69) is 15.8 Å². The molecule has 0 heterocycles. The molecule has 0 spiro atoms. The van der Waals surface area contributed by atoms with Crippen LogP contribution in [0, 0.1) is 0 Å². The summed E-state index contributed by atoms with van der Waals surface area (Å²) in [7, 11) is 0. The fourth-order valence-electron chi connectivity index (χ4n) is 2.48. The molecule has 0 radical (unpaired) electrons. The van der Waals surface area contributed by atoms with Crippen LogP contribution in [-0.2, 0) is 9.59 Å². The third-order valence-electron chi connectivity index (χ3n) is 3.83. The van der Waals surface area contributed by atoms with Gasteiger partial charge in [0.05, 0.1) is 6.42 Å². The van der Waals surface area contributed by atoms with Crippen LogP contribution in [0.5, 0.6) is 0 Å². The highest BCUT2D eigenvalue weighted by molar-refractivity contribution is 6.07. The van der Waals surface area contributed by atoms with Gasteiger partial charge in [0.2, 0.25) is 11.8 Å². The Morgan fingerprint density at radius 3 is 2.38 bits per heavy atom. The number of nitrogens with zero attached hydrogens (tertiary/aromatic N) is 1. The van der Waals surface area contributed by atoms with Crippen LogP contribution in [0.15, 0.2) is 59.7 Å². The van der Waals surface area contributed by atoms with E-state index >= 15 is 0 Å². The molecule has 2 aromatic carbocycles. The van der Waals surface area contributed by atoms with Crippen LogP contribution in [0.25, 0.3) is 11.1 Å². The summed E-state index contributed by atoms with van der Waals surface area (Å²) in [6.45, 7) is 3.75. The van der Waals surface area contributed by atoms with Gasteiger partial charge in [0.1, 0.15) is 0 Å². The molecule has 0 bridgehead atoms. The maximum absolute atomic E-state index is 12.3. The number of carbonyl (C=O) groups excluding carboxylic acids is 2. The van der Waals surface area contributed by atoms with E-state index in [1.54, 1.807) is 6.92 Å². The maximum Gasteiger partial charge on any atom is 0.240 e. The number of carbonyl (C=O) groups is 2. The highest BCUT2D eigenvalue weighted by Crippen LogP contribution is 2.27. The fourth-order valence-corrected chi connectivity index (χ4v) is 2.48. The zero-order chi connectivity index (χ0) is 18.8. The molecular weight excluding hydrogens is 326 g/mol. The lowest BCUT2D eigenvalue weighted by atomic mass is 10.0. The average Bonchev–Trinajstić information content (AvgIpc) is 2.65. The average molecular weight is 351 g/mol. The first-order chi connectivity index (χ1) is 12.6. The summed E-state index contributed by atoms with van der Waals surface area (Å²) in [6.07, 6.45) is 2.36. The summed E-state index contributed by atoms with van der Waals surface area (Å²) >= 11 is 0. The van der Waals surface area contributed by atoms with E-state index in [1.807, 2.05) is 61.5 Å². The molecule has 5 heteroatoms. The predicted octanol–water partition coefficient (Wildman–Crippen LogP) is 4.36. The third-order valence-corrected chi connectivity index (χ3v) is 3.83. The Hall–Kier alpha value is -2.95. The van der Waals surface area contributed by atoms with Crippen molar-refractivity contribution in [3.8, 4) is 11.1 Å².